The summed E-state index contributed by atoms with van der Waals surface area (Å²) in [4.78, 5) is 44.7. The molecule has 38 heavy (non-hydrogen) atoms. The quantitative estimate of drug-likeness (QED) is 0.159. The number of esters is 1. The number of hydrogen-bond donors (Lipinski definition) is 1. The largest absolute Gasteiger partial charge is 0.465 e. The summed E-state index contributed by atoms with van der Waals surface area (Å²) < 4.78 is 4.82. The molecule has 3 unspecified atom stereocenters. The molecule has 206 valence electrons. The van der Waals surface area contributed by atoms with Crippen molar-refractivity contribution in [2.24, 2.45) is 11.8 Å². The number of allylic oxidation sites excluding steroid dienone is 1. The van der Waals surface area contributed by atoms with E-state index in [9.17, 15) is 19.5 Å². The van der Waals surface area contributed by atoms with E-state index in [0.29, 0.717) is 17.1 Å². The third-order valence-corrected chi connectivity index (χ3v) is 11.2. The van der Waals surface area contributed by atoms with E-state index < -0.39 is 28.6 Å². The molecular weight excluding hydrogens is 592 g/mol. The zero-order valence-electron chi connectivity index (χ0n) is 21.5. The Morgan fingerprint density at radius 1 is 1.34 bits per heavy atom. The van der Waals surface area contributed by atoms with Crippen LogP contribution in [0.3, 0.4) is 0 Å². The van der Waals surface area contributed by atoms with Crippen LogP contribution in [-0.2, 0) is 19.1 Å². The SMILES string of the molecule is C=CCCCCOC(=O)[C@H]1[C@@H]2SC3(CC2Br)C(C(=O)N(CC=C)c2c(C)cccc2Cl)N(CCO)C(=O)[C@H]13. The van der Waals surface area contributed by atoms with Gasteiger partial charge in [-0.3, -0.25) is 14.4 Å². The molecule has 3 aliphatic rings. The number of ether oxygens (including phenoxy) is 1. The van der Waals surface area contributed by atoms with E-state index >= 15 is 0 Å². The average molecular weight is 626 g/mol. The van der Waals surface area contributed by atoms with Crippen molar-refractivity contribution in [3.05, 3.63) is 54.1 Å². The minimum atomic E-state index is -0.872. The van der Waals surface area contributed by atoms with Crippen molar-refractivity contribution in [1.29, 1.82) is 0 Å². The van der Waals surface area contributed by atoms with Gasteiger partial charge >= 0.3 is 5.97 Å². The maximum atomic E-state index is 14.4. The average Bonchev–Trinajstić information content (AvgIpc) is 3.46. The smallest absolute Gasteiger partial charge is 0.310 e. The topological polar surface area (TPSA) is 87.2 Å². The second kappa shape index (κ2) is 12.1. The number of hydrogen-bond acceptors (Lipinski definition) is 6. The van der Waals surface area contributed by atoms with E-state index in [1.54, 1.807) is 17.0 Å². The van der Waals surface area contributed by atoms with E-state index in [4.69, 9.17) is 16.3 Å². The van der Waals surface area contributed by atoms with Crippen molar-refractivity contribution >= 4 is 62.8 Å². The van der Waals surface area contributed by atoms with Gasteiger partial charge in [0, 0.05) is 23.2 Å². The number of aliphatic hydroxyl groups is 1. The number of carbonyl (C=O) groups is 3. The number of carbonyl (C=O) groups excluding carboxylic acids is 3. The number of amides is 2. The number of fused-ring (bicyclic) bond motifs is 1. The molecule has 1 spiro atoms. The van der Waals surface area contributed by atoms with Crippen molar-refractivity contribution in [2.45, 2.75) is 53.5 Å². The number of aryl methyl sites for hydroxylation is 1. The van der Waals surface area contributed by atoms with Crippen LogP contribution in [-0.4, -0.2) is 75.0 Å². The van der Waals surface area contributed by atoms with Gasteiger partial charge in [-0.2, -0.15) is 0 Å². The van der Waals surface area contributed by atoms with Crippen LogP contribution in [0.15, 0.2) is 43.5 Å². The van der Waals surface area contributed by atoms with Crippen LogP contribution in [0.1, 0.15) is 31.2 Å². The predicted octanol–water partition coefficient (Wildman–Crippen LogP) is 4.52. The summed E-state index contributed by atoms with van der Waals surface area (Å²) in [6.45, 7) is 9.60. The highest BCUT2D eigenvalue weighted by molar-refractivity contribution is 9.09. The molecule has 10 heteroatoms. The van der Waals surface area contributed by atoms with Crippen LogP contribution in [0.2, 0.25) is 5.02 Å². The van der Waals surface area contributed by atoms with Crippen molar-refractivity contribution in [3.63, 3.8) is 0 Å². The number of nitrogens with zero attached hydrogens (tertiary/aromatic N) is 2. The van der Waals surface area contributed by atoms with Crippen LogP contribution >= 0.6 is 39.3 Å². The molecule has 1 aromatic rings. The first-order valence-electron chi connectivity index (χ1n) is 12.9. The molecule has 2 amide bonds. The van der Waals surface area contributed by atoms with E-state index in [1.807, 2.05) is 25.1 Å². The summed E-state index contributed by atoms with van der Waals surface area (Å²) in [6.07, 6.45) is 6.44. The molecular formula is C28H34BrClN2O5S. The number of thioether (sulfide) groups is 1. The number of para-hydroxylation sites is 1. The molecule has 1 N–H and O–H groups in total. The Morgan fingerprint density at radius 2 is 2.11 bits per heavy atom. The Morgan fingerprint density at radius 3 is 2.76 bits per heavy atom. The molecule has 1 aromatic carbocycles. The van der Waals surface area contributed by atoms with Crippen LogP contribution in [0.4, 0.5) is 5.69 Å². The maximum absolute atomic E-state index is 14.4. The number of likely N-dealkylation sites (tertiary alicyclic amines) is 1. The van der Waals surface area contributed by atoms with Crippen LogP contribution < -0.4 is 4.90 Å². The number of benzene rings is 1. The van der Waals surface area contributed by atoms with Gasteiger partial charge in [0.2, 0.25) is 5.91 Å². The fourth-order valence-electron chi connectivity index (χ4n) is 6.22. The fraction of sp³-hybridized carbons (Fsp3) is 0.536. The van der Waals surface area contributed by atoms with Gasteiger partial charge in [0.1, 0.15) is 6.04 Å². The first-order valence-corrected chi connectivity index (χ1v) is 15.1. The van der Waals surface area contributed by atoms with E-state index in [2.05, 4.69) is 29.1 Å². The summed E-state index contributed by atoms with van der Waals surface area (Å²) in [7, 11) is 0. The number of β-amino-alcohol motifs (C(OH)–C–C–N with tert-alkyl or cyclic N) is 1. The Labute approximate surface area is 241 Å². The molecule has 3 heterocycles. The molecule has 0 aromatic heterocycles. The highest BCUT2D eigenvalue weighted by atomic mass is 79.9. The molecule has 7 nitrogen and oxygen atoms in total. The molecule has 3 saturated heterocycles. The maximum Gasteiger partial charge on any atom is 0.310 e. The minimum absolute atomic E-state index is 0.00156. The van der Waals surface area contributed by atoms with Crippen molar-refractivity contribution < 1.29 is 24.2 Å². The van der Waals surface area contributed by atoms with Crippen molar-refractivity contribution in [2.75, 3.05) is 31.2 Å². The lowest BCUT2D eigenvalue weighted by atomic mass is 9.71. The second-order valence-corrected chi connectivity index (χ2v) is 13.1. The third-order valence-electron chi connectivity index (χ3n) is 7.72. The summed E-state index contributed by atoms with van der Waals surface area (Å²) in [5.41, 5.74) is 1.39. The number of halogens is 2. The number of unbranched alkanes of at least 4 members (excludes halogenated alkanes) is 2. The third kappa shape index (κ3) is 4.95. The van der Waals surface area contributed by atoms with Gasteiger partial charge in [0.25, 0.3) is 5.91 Å². The molecule has 0 aliphatic carbocycles. The molecule has 0 saturated carbocycles. The predicted molar refractivity (Wildman–Crippen MR) is 155 cm³/mol. The first-order chi connectivity index (χ1) is 18.2. The Hall–Kier alpha value is -1.81. The normalized spacial score (nSPS) is 29.3. The highest BCUT2D eigenvalue weighted by Gasteiger charge is 2.76. The summed E-state index contributed by atoms with van der Waals surface area (Å²) in [6, 6.07) is 4.55. The Bertz CT molecular complexity index is 1100. The minimum Gasteiger partial charge on any atom is -0.465 e. The summed E-state index contributed by atoms with van der Waals surface area (Å²) in [5, 5.41) is 10.1. The molecule has 6 atom stereocenters. The number of anilines is 1. The van der Waals surface area contributed by atoms with Gasteiger partial charge in [0.15, 0.2) is 0 Å². The summed E-state index contributed by atoms with van der Waals surface area (Å²) >= 11 is 11.9. The lowest BCUT2D eigenvalue weighted by Gasteiger charge is -2.38. The Kier molecular flexibility index (Phi) is 9.33. The summed E-state index contributed by atoms with van der Waals surface area (Å²) in [5.74, 6) is -2.34. The highest BCUT2D eigenvalue weighted by Crippen LogP contribution is 2.68. The second-order valence-electron chi connectivity index (χ2n) is 10.0. The fourth-order valence-corrected chi connectivity index (χ4v) is 10.1. The van der Waals surface area contributed by atoms with E-state index in [0.717, 1.165) is 24.8 Å². The van der Waals surface area contributed by atoms with Gasteiger partial charge in [-0.1, -0.05) is 51.8 Å². The van der Waals surface area contributed by atoms with Gasteiger partial charge in [0.05, 0.1) is 40.5 Å². The standard InChI is InChI=1S/C28H34BrClN2O5S/c1-4-6-7-8-15-37-27(36)20-21-25(34)32(13-14-33)24(28(21)16-18(29)23(20)38-28)26(35)31(12-5-2)22-17(3)10-9-11-19(22)30/h4-5,9-11,18,20-21,23-24,33H,1-2,6-8,12-16H2,3H3/t18?,20-,21+,23-,24?,28?/m1/s1. The zero-order valence-corrected chi connectivity index (χ0v) is 24.6. The first kappa shape index (κ1) is 29.2. The Balaban J connectivity index is 1.70. The van der Waals surface area contributed by atoms with Gasteiger partial charge < -0.3 is 19.6 Å². The number of rotatable bonds is 12. The molecule has 4 rings (SSSR count). The van der Waals surface area contributed by atoms with Crippen LogP contribution in [0, 0.1) is 18.8 Å². The van der Waals surface area contributed by atoms with Gasteiger partial charge in [-0.05, 0) is 44.2 Å². The molecule has 0 radical (unpaired) electrons. The number of alkyl halides is 1. The monoisotopic (exact) mass is 624 g/mol. The van der Waals surface area contributed by atoms with Crippen LogP contribution in [0.5, 0.6) is 0 Å². The lowest BCUT2D eigenvalue weighted by molar-refractivity contribution is -0.154. The molecule has 3 aliphatic heterocycles. The van der Waals surface area contributed by atoms with Gasteiger partial charge in [-0.15, -0.1) is 24.9 Å². The lowest BCUT2D eigenvalue weighted by Crippen LogP contribution is -2.56. The van der Waals surface area contributed by atoms with Crippen molar-refractivity contribution in [1.82, 2.24) is 4.90 Å². The van der Waals surface area contributed by atoms with Crippen LogP contribution in [0.25, 0.3) is 0 Å². The number of aliphatic hydroxyl groups excluding tert-OH is 1. The zero-order chi connectivity index (χ0) is 27.6. The van der Waals surface area contributed by atoms with Gasteiger partial charge in [-0.25, -0.2) is 0 Å². The van der Waals surface area contributed by atoms with E-state index in [1.165, 1.54) is 16.7 Å². The molecule has 3 fully saturated rings. The molecule has 2 bridgehead atoms. The van der Waals surface area contributed by atoms with E-state index in [-0.39, 0.29) is 48.2 Å². The van der Waals surface area contributed by atoms with Crippen molar-refractivity contribution in [3.8, 4) is 0 Å².